The molecule has 5 rings (SSSR count). The van der Waals surface area contributed by atoms with Crippen molar-refractivity contribution in [3.05, 3.63) is 83.8 Å². The number of halogens is 3. The van der Waals surface area contributed by atoms with E-state index in [0.29, 0.717) is 31.7 Å². The molecule has 0 spiro atoms. The summed E-state index contributed by atoms with van der Waals surface area (Å²) in [6, 6.07) is 13.0. The van der Waals surface area contributed by atoms with E-state index in [1.54, 1.807) is 30.7 Å². The zero-order chi connectivity index (χ0) is 23.7. The molecule has 9 heteroatoms. The Kier molecular flexibility index (Phi) is 5.85. The van der Waals surface area contributed by atoms with Crippen LogP contribution in [0.4, 0.5) is 24.7 Å². The predicted molar refractivity (Wildman–Crippen MR) is 122 cm³/mol. The van der Waals surface area contributed by atoms with Crippen molar-refractivity contribution in [3.8, 4) is 0 Å². The largest absolute Gasteiger partial charge is 0.416 e. The number of benzene rings is 1. The molecule has 176 valence electrons. The number of nitrogens with one attached hydrogen (secondary N) is 1. The van der Waals surface area contributed by atoms with Crippen molar-refractivity contribution >= 4 is 17.4 Å². The minimum Gasteiger partial charge on any atom is -0.364 e. The van der Waals surface area contributed by atoms with Gasteiger partial charge in [-0.25, -0.2) is 4.98 Å². The summed E-state index contributed by atoms with van der Waals surface area (Å²) < 4.78 is 40.1. The first-order valence-electron chi connectivity index (χ1n) is 11.2. The summed E-state index contributed by atoms with van der Waals surface area (Å²) in [4.78, 5) is 26.1. The smallest absolute Gasteiger partial charge is 0.364 e. The number of hydrogen-bond acceptors (Lipinski definition) is 5. The van der Waals surface area contributed by atoms with Gasteiger partial charge in [0, 0.05) is 50.5 Å². The molecule has 34 heavy (non-hydrogen) atoms. The third kappa shape index (κ3) is 4.42. The maximum Gasteiger partial charge on any atom is 0.416 e. The summed E-state index contributed by atoms with van der Waals surface area (Å²) in [5, 5.41) is 2.97. The first-order valence-corrected chi connectivity index (χ1v) is 11.2. The van der Waals surface area contributed by atoms with Gasteiger partial charge >= 0.3 is 6.18 Å². The van der Waals surface area contributed by atoms with Gasteiger partial charge in [0.25, 0.3) is 0 Å². The van der Waals surface area contributed by atoms with Crippen LogP contribution in [0.2, 0.25) is 0 Å². The standard InChI is InChI=1S/C25H24F3N5O/c26-25(27,28)19-6-7-21-18(12-19)13-20(24(34)31-15-17-4-3-8-29-14-17)22-16-32(10-11-33(21)22)23-5-1-2-9-30-23/h1-9,12,14,20,22H,10-11,13,15-16H2,(H,31,34)/t20-,22+/m1/s1. The quantitative estimate of drug-likeness (QED) is 0.635. The van der Waals surface area contributed by atoms with Crippen LogP contribution in [0.15, 0.2) is 67.1 Å². The summed E-state index contributed by atoms with van der Waals surface area (Å²) in [7, 11) is 0. The number of carbonyl (C=O) groups is 1. The van der Waals surface area contributed by atoms with E-state index in [1.165, 1.54) is 6.07 Å². The maximum atomic E-state index is 13.4. The summed E-state index contributed by atoms with van der Waals surface area (Å²) in [6.07, 6.45) is 0.890. The fraction of sp³-hybridized carbons (Fsp3) is 0.320. The lowest BCUT2D eigenvalue weighted by Crippen LogP contribution is -2.61. The maximum absolute atomic E-state index is 13.4. The monoisotopic (exact) mass is 467 g/mol. The molecule has 1 saturated heterocycles. The number of nitrogens with zero attached hydrogens (tertiary/aromatic N) is 4. The number of anilines is 2. The Morgan fingerprint density at radius 3 is 2.71 bits per heavy atom. The molecule has 0 radical (unpaired) electrons. The van der Waals surface area contributed by atoms with Crippen LogP contribution in [0.5, 0.6) is 0 Å². The van der Waals surface area contributed by atoms with Crippen LogP contribution in [0.25, 0.3) is 0 Å². The molecule has 0 bridgehead atoms. The highest BCUT2D eigenvalue weighted by Crippen LogP contribution is 2.40. The molecule has 6 nitrogen and oxygen atoms in total. The number of amides is 1. The van der Waals surface area contributed by atoms with Crippen molar-refractivity contribution in [3.63, 3.8) is 0 Å². The second-order valence-corrected chi connectivity index (χ2v) is 8.63. The lowest BCUT2D eigenvalue weighted by atomic mass is 9.82. The fourth-order valence-corrected chi connectivity index (χ4v) is 4.87. The molecule has 1 aromatic carbocycles. The third-order valence-corrected chi connectivity index (χ3v) is 6.54. The Bertz CT molecular complexity index is 1160. The average Bonchev–Trinajstić information content (AvgIpc) is 2.86. The van der Waals surface area contributed by atoms with Crippen LogP contribution in [0.3, 0.4) is 0 Å². The molecular weight excluding hydrogens is 443 g/mol. The minimum atomic E-state index is -4.43. The second-order valence-electron chi connectivity index (χ2n) is 8.63. The molecule has 0 aliphatic carbocycles. The van der Waals surface area contributed by atoms with Crippen LogP contribution in [-0.2, 0) is 23.9 Å². The third-order valence-electron chi connectivity index (χ3n) is 6.54. The number of hydrogen-bond donors (Lipinski definition) is 1. The SMILES string of the molecule is O=C(NCc1cccnc1)[C@@H]1Cc2cc(C(F)(F)F)ccc2N2CCN(c3ccccn3)C[C@@H]12. The van der Waals surface area contributed by atoms with Crippen molar-refractivity contribution in [1.29, 1.82) is 0 Å². The topological polar surface area (TPSA) is 61.4 Å². The summed E-state index contributed by atoms with van der Waals surface area (Å²) in [6.45, 7) is 2.13. The van der Waals surface area contributed by atoms with E-state index in [1.807, 2.05) is 24.3 Å². The van der Waals surface area contributed by atoms with Crippen molar-refractivity contribution in [2.45, 2.75) is 25.2 Å². The predicted octanol–water partition coefficient (Wildman–Crippen LogP) is 3.68. The number of aromatic nitrogens is 2. The molecule has 1 N–H and O–H groups in total. The van der Waals surface area contributed by atoms with E-state index in [0.717, 1.165) is 23.1 Å². The molecule has 2 atom stereocenters. The van der Waals surface area contributed by atoms with E-state index in [2.05, 4.69) is 25.1 Å². The second kappa shape index (κ2) is 8.96. The van der Waals surface area contributed by atoms with Gasteiger partial charge in [0.15, 0.2) is 0 Å². The lowest BCUT2D eigenvalue weighted by Gasteiger charge is -2.49. The molecule has 1 fully saturated rings. The normalized spacial score (nSPS) is 19.9. The van der Waals surface area contributed by atoms with Gasteiger partial charge in [0.1, 0.15) is 5.82 Å². The Hall–Kier alpha value is -3.62. The van der Waals surface area contributed by atoms with Crippen LogP contribution in [0.1, 0.15) is 16.7 Å². The molecule has 1 amide bonds. The van der Waals surface area contributed by atoms with Gasteiger partial charge in [-0.1, -0.05) is 12.1 Å². The Labute approximate surface area is 195 Å². The van der Waals surface area contributed by atoms with E-state index < -0.39 is 17.7 Å². The highest BCUT2D eigenvalue weighted by Gasteiger charge is 2.43. The van der Waals surface area contributed by atoms with Crippen LogP contribution < -0.4 is 15.1 Å². The van der Waals surface area contributed by atoms with Crippen LogP contribution in [0, 0.1) is 5.92 Å². The minimum absolute atomic E-state index is 0.176. The molecular formula is C25H24F3N5O. The summed E-state index contributed by atoms with van der Waals surface area (Å²) in [5.74, 6) is 0.152. The zero-order valence-corrected chi connectivity index (χ0v) is 18.4. The Morgan fingerprint density at radius 1 is 1.09 bits per heavy atom. The fourth-order valence-electron chi connectivity index (χ4n) is 4.87. The van der Waals surface area contributed by atoms with Crippen molar-refractivity contribution in [2.24, 2.45) is 5.92 Å². The first kappa shape index (κ1) is 22.2. The summed E-state index contributed by atoms with van der Waals surface area (Å²) in [5.41, 5.74) is 1.50. The van der Waals surface area contributed by atoms with Gasteiger partial charge in [-0.3, -0.25) is 9.78 Å². The molecule has 3 aromatic rings. The average molecular weight is 467 g/mol. The van der Waals surface area contributed by atoms with Gasteiger partial charge in [-0.2, -0.15) is 13.2 Å². The molecule has 2 aliphatic heterocycles. The number of pyridine rings is 2. The van der Waals surface area contributed by atoms with E-state index in [9.17, 15) is 18.0 Å². The number of rotatable bonds is 4. The van der Waals surface area contributed by atoms with Gasteiger partial charge in [0.05, 0.1) is 17.5 Å². The number of piperazine rings is 1. The van der Waals surface area contributed by atoms with Crippen LogP contribution >= 0.6 is 0 Å². The van der Waals surface area contributed by atoms with Crippen molar-refractivity contribution in [2.75, 3.05) is 29.4 Å². The highest BCUT2D eigenvalue weighted by atomic mass is 19.4. The van der Waals surface area contributed by atoms with Gasteiger partial charge < -0.3 is 15.1 Å². The van der Waals surface area contributed by atoms with E-state index in [-0.39, 0.29) is 18.4 Å². The Balaban J connectivity index is 1.44. The molecule has 0 saturated carbocycles. The highest BCUT2D eigenvalue weighted by molar-refractivity contribution is 5.82. The first-order chi connectivity index (χ1) is 16.4. The molecule has 2 aliphatic rings. The van der Waals surface area contributed by atoms with Gasteiger partial charge in [0.2, 0.25) is 5.91 Å². The number of fused-ring (bicyclic) bond motifs is 3. The zero-order valence-electron chi connectivity index (χ0n) is 18.4. The number of alkyl halides is 3. The number of carbonyl (C=O) groups excluding carboxylic acids is 1. The van der Waals surface area contributed by atoms with Crippen LogP contribution in [-0.4, -0.2) is 41.6 Å². The summed E-state index contributed by atoms with van der Waals surface area (Å²) >= 11 is 0. The molecule has 2 aromatic heterocycles. The molecule has 4 heterocycles. The van der Waals surface area contributed by atoms with E-state index in [4.69, 9.17) is 0 Å². The van der Waals surface area contributed by atoms with Gasteiger partial charge in [-0.15, -0.1) is 0 Å². The van der Waals surface area contributed by atoms with Gasteiger partial charge in [-0.05, 0) is 53.9 Å². The van der Waals surface area contributed by atoms with Crippen molar-refractivity contribution < 1.29 is 18.0 Å². The molecule has 0 unspecified atom stereocenters. The lowest BCUT2D eigenvalue weighted by molar-refractivity contribution is -0.137. The van der Waals surface area contributed by atoms with Crippen molar-refractivity contribution in [1.82, 2.24) is 15.3 Å². The Morgan fingerprint density at radius 2 is 1.97 bits per heavy atom. The van der Waals surface area contributed by atoms with E-state index >= 15 is 0 Å².